The number of rotatable bonds is 4. The number of nitrogens with one attached hydrogen (secondary N) is 1. The van der Waals surface area contributed by atoms with E-state index in [0.29, 0.717) is 5.69 Å². The van der Waals surface area contributed by atoms with Crippen LogP contribution in [0.4, 0.5) is 14.5 Å². The van der Waals surface area contributed by atoms with Gasteiger partial charge in [-0.2, -0.15) is 0 Å². The second-order valence-electron chi connectivity index (χ2n) is 3.94. The van der Waals surface area contributed by atoms with Crippen LogP contribution in [0.1, 0.15) is 17.7 Å². The molecule has 0 fully saturated rings. The minimum atomic E-state index is -2.68. The molecule has 0 aliphatic rings. The summed E-state index contributed by atoms with van der Waals surface area (Å²) >= 11 is 0. The maximum absolute atomic E-state index is 12.7. The Morgan fingerprint density at radius 3 is 2.58 bits per heavy atom. The highest BCUT2D eigenvalue weighted by atomic mass is 19.3. The quantitative estimate of drug-likeness (QED) is 0.919. The predicted octanol–water partition coefficient (Wildman–Crippen LogP) is 3.20. The molecular weight excluding hydrogens is 250 g/mol. The second-order valence-corrected chi connectivity index (χ2v) is 3.94. The van der Waals surface area contributed by atoms with E-state index in [4.69, 9.17) is 0 Å². The number of nitrogens with zero attached hydrogens (tertiary/aromatic N) is 1. The Balaban J connectivity index is 2.07. The van der Waals surface area contributed by atoms with Gasteiger partial charge in [0.05, 0.1) is 6.42 Å². The normalized spacial score (nSPS) is 10.5. The van der Waals surface area contributed by atoms with E-state index in [1.54, 1.807) is 24.3 Å². The van der Waals surface area contributed by atoms with Gasteiger partial charge in [-0.05, 0) is 23.8 Å². The van der Waals surface area contributed by atoms with Gasteiger partial charge in [-0.25, -0.2) is 8.78 Å². The molecule has 2 aromatic rings. The molecule has 1 amide bonds. The lowest BCUT2D eigenvalue weighted by molar-refractivity contribution is -0.115. The lowest BCUT2D eigenvalue weighted by Gasteiger charge is -2.08. The van der Waals surface area contributed by atoms with Crippen LogP contribution in [0.15, 0.2) is 48.7 Å². The van der Waals surface area contributed by atoms with E-state index in [0.717, 1.165) is 0 Å². The van der Waals surface area contributed by atoms with Crippen LogP contribution in [0, 0.1) is 0 Å². The first-order valence-corrected chi connectivity index (χ1v) is 5.73. The van der Waals surface area contributed by atoms with Gasteiger partial charge in [-0.3, -0.25) is 9.78 Å². The van der Waals surface area contributed by atoms with Crippen molar-refractivity contribution < 1.29 is 13.6 Å². The monoisotopic (exact) mass is 262 g/mol. The molecule has 0 saturated heterocycles. The molecule has 1 N–H and O–H groups in total. The summed E-state index contributed by atoms with van der Waals surface area (Å²) in [5, 5.41) is 2.64. The number of pyridine rings is 1. The van der Waals surface area contributed by atoms with Crippen LogP contribution >= 0.6 is 0 Å². The molecule has 0 aliphatic heterocycles. The first kappa shape index (κ1) is 13.1. The van der Waals surface area contributed by atoms with E-state index in [1.807, 2.05) is 6.07 Å². The summed E-state index contributed by atoms with van der Waals surface area (Å²) in [6.07, 6.45) is -1.51. The average Bonchev–Trinajstić information content (AvgIpc) is 2.40. The number of anilines is 1. The lowest BCUT2D eigenvalue weighted by atomic mass is 10.1. The highest BCUT2D eigenvalue weighted by Gasteiger charge is 2.16. The number of hydrogen-bond donors (Lipinski definition) is 1. The number of halogens is 2. The summed E-state index contributed by atoms with van der Waals surface area (Å²) < 4.78 is 25.4. The van der Waals surface area contributed by atoms with Gasteiger partial charge in [0.15, 0.2) is 0 Å². The Kier molecular flexibility index (Phi) is 4.18. The molecular formula is C14H12F2N2O. The van der Waals surface area contributed by atoms with Crippen molar-refractivity contribution in [1.29, 1.82) is 0 Å². The fraction of sp³-hybridized carbons (Fsp3) is 0.143. The molecule has 1 heterocycles. The molecule has 3 nitrogen and oxygen atoms in total. The topological polar surface area (TPSA) is 42.0 Å². The fourth-order valence-corrected chi connectivity index (χ4v) is 1.70. The van der Waals surface area contributed by atoms with Crippen LogP contribution in [0.3, 0.4) is 0 Å². The molecule has 0 saturated carbocycles. The molecule has 1 aromatic carbocycles. The molecule has 0 unspecified atom stereocenters. The van der Waals surface area contributed by atoms with E-state index in [-0.39, 0.29) is 23.6 Å². The first-order chi connectivity index (χ1) is 9.16. The van der Waals surface area contributed by atoms with E-state index >= 15 is 0 Å². The summed E-state index contributed by atoms with van der Waals surface area (Å²) in [7, 11) is 0. The van der Waals surface area contributed by atoms with Gasteiger partial charge in [0.1, 0.15) is 5.69 Å². The van der Waals surface area contributed by atoms with Crippen molar-refractivity contribution in [2.24, 2.45) is 0 Å². The van der Waals surface area contributed by atoms with Crippen molar-refractivity contribution in [2.45, 2.75) is 12.8 Å². The second kappa shape index (κ2) is 6.04. The smallest absolute Gasteiger partial charge is 0.280 e. The van der Waals surface area contributed by atoms with Crippen LogP contribution in [-0.2, 0) is 11.2 Å². The molecule has 0 atom stereocenters. The number of para-hydroxylation sites is 1. The highest BCUT2D eigenvalue weighted by Crippen LogP contribution is 2.20. The van der Waals surface area contributed by atoms with Gasteiger partial charge in [-0.1, -0.05) is 24.3 Å². The van der Waals surface area contributed by atoms with Crippen LogP contribution in [0.5, 0.6) is 0 Å². The molecule has 0 spiro atoms. The summed E-state index contributed by atoms with van der Waals surface area (Å²) in [6, 6.07) is 11.9. The van der Waals surface area contributed by atoms with Crippen LogP contribution < -0.4 is 5.32 Å². The van der Waals surface area contributed by atoms with Crippen molar-refractivity contribution >= 4 is 11.6 Å². The van der Waals surface area contributed by atoms with Crippen LogP contribution in [0.25, 0.3) is 0 Å². The maximum Gasteiger partial charge on any atom is 0.280 e. The third kappa shape index (κ3) is 3.58. The van der Waals surface area contributed by atoms with Crippen molar-refractivity contribution in [2.75, 3.05) is 5.32 Å². The SMILES string of the molecule is O=C(Cc1cccnc1C(F)F)Nc1ccccc1. The average molecular weight is 262 g/mol. The van der Waals surface area contributed by atoms with E-state index in [9.17, 15) is 13.6 Å². The highest BCUT2D eigenvalue weighted by molar-refractivity contribution is 5.92. The molecule has 5 heteroatoms. The third-order valence-corrected chi connectivity index (χ3v) is 2.54. The molecule has 2 rings (SSSR count). The zero-order chi connectivity index (χ0) is 13.7. The minimum absolute atomic E-state index is 0.123. The van der Waals surface area contributed by atoms with Crippen LogP contribution in [-0.4, -0.2) is 10.9 Å². The standard InChI is InChI=1S/C14H12F2N2O/c15-14(16)13-10(5-4-8-17-13)9-12(19)18-11-6-2-1-3-7-11/h1-8,14H,9H2,(H,18,19). The zero-order valence-corrected chi connectivity index (χ0v) is 10.0. The lowest BCUT2D eigenvalue weighted by Crippen LogP contribution is -2.15. The summed E-state index contributed by atoms with van der Waals surface area (Å²) in [5.74, 6) is -0.346. The van der Waals surface area contributed by atoms with E-state index < -0.39 is 6.43 Å². The summed E-state index contributed by atoms with van der Waals surface area (Å²) in [5.41, 5.74) is 0.534. The Morgan fingerprint density at radius 2 is 1.89 bits per heavy atom. The Morgan fingerprint density at radius 1 is 1.16 bits per heavy atom. The van der Waals surface area contributed by atoms with Gasteiger partial charge < -0.3 is 5.32 Å². The number of benzene rings is 1. The van der Waals surface area contributed by atoms with Gasteiger partial charge >= 0.3 is 0 Å². The number of amides is 1. The number of carbonyl (C=O) groups excluding carboxylic acids is 1. The molecule has 0 bridgehead atoms. The van der Waals surface area contributed by atoms with Gasteiger partial charge in [-0.15, -0.1) is 0 Å². The largest absolute Gasteiger partial charge is 0.326 e. The fourth-order valence-electron chi connectivity index (χ4n) is 1.70. The Hall–Kier alpha value is -2.30. The minimum Gasteiger partial charge on any atom is -0.326 e. The molecule has 19 heavy (non-hydrogen) atoms. The van der Waals surface area contributed by atoms with Crippen molar-refractivity contribution in [3.05, 3.63) is 59.9 Å². The number of alkyl halides is 2. The number of carbonyl (C=O) groups is 1. The van der Waals surface area contributed by atoms with Crippen molar-refractivity contribution in [3.8, 4) is 0 Å². The zero-order valence-electron chi connectivity index (χ0n) is 10.0. The number of hydrogen-bond acceptors (Lipinski definition) is 2. The summed E-state index contributed by atoms with van der Waals surface area (Å²) in [4.78, 5) is 15.4. The Bertz CT molecular complexity index is 558. The van der Waals surface area contributed by atoms with Gasteiger partial charge in [0.25, 0.3) is 6.43 Å². The van der Waals surface area contributed by atoms with Gasteiger partial charge in [0.2, 0.25) is 5.91 Å². The van der Waals surface area contributed by atoms with E-state index in [2.05, 4.69) is 10.3 Å². The van der Waals surface area contributed by atoms with Crippen LogP contribution in [0.2, 0.25) is 0 Å². The van der Waals surface area contributed by atoms with Crippen molar-refractivity contribution in [3.63, 3.8) is 0 Å². The molecule has 0 radical (unpaired) electrons. The molecule has 98 valence electrons. The maximum atomic E-state index is 12.7. The molecule has 0 aliphatic carbocycles. The number of aromatic nitrogens is 1. The third-order valence-electron chi connectivity index (χ3n) is 2.54. The first-order valence-electron chi connectivity index (χ1n) is 5.73. The predicted molar refractivity (Wildman–Crippen MR) is 68.0 cm³/mol. The van der Waals surface area contributed by atoms with Crippen molar-refractivity contribution in [1.82, 2.24) is 4.98 Å². The van der Waals surface area contributed by atoms with Gasteiger partial charge in [0, 0.05) is 11.9 Å². The summed E-state index contributed by atoms with van der Waals surface area (Å²) in [6.45, 7) is 0. The Labute approximate surface area is 109 Å². The molecule has 1 aromatic heterocycles. The van der Waals surface area contributed by atoms with E-state index in [1.165, 1.54) is 18.3 Å².